The molecule has 0 aromatic carbocycles. The Bertz CT molecular complexity index is 604. The maximum absolute atomic E-state index is 12.7. The van der Waals surface area contributed by atoms with Gasteiger partial charge < -0.3 is 14.7 Å². The van der Waals surface area contributed by atoms with Crippen LogP contribution in [-0.4, -0.2) is 71.5 Å². The van der Waals surface area contributed by atoms with E-state index in [9.17, 15) is 4.79 Å². The van der Waals surface area contributed by atoms with E-state index in [1.165, 1.54) is 25.8 Å². The summed E-state index contributed by atoms with van der Waals surface area (Å²) in [6.45, 7) is 13.2. The topological polar surface area (TPSA) is 52.6 Å². The molecule has 0 unspecified atom stereocenters. The summed E-state index contributed by atoms with van der Waals surface area (Å²) in [7, 11) is 0. The average molecular weight is 360 g/mol. The van der Waals surface area contributed by atoms with E-state index in [0.29, 0.717) is 11.8 Å². The number of carbonyl (C=O) groups is 1. The van der Waals surface area contributed by atoms with Crippen LogP contribution in [0.5, 0.6) is 0 Å². The number of piperazine rings is 1. The summed E-state index contributed by atoms with van der Waals surface area (Å²) >= 11 is 0. The maximum Gasteiger partial charge on any atom is 0.222 e. The van der Waals surface area contributed by atoms with Crippen molar-refractivity contribution in [3.8, 4) is 0 Å². The van der Waals surface area contributed by atoms with Crippen molar-refractivity contribution in [2.45, 2.75) is 46.5 Å². The molecule has 0 atom stereocenters. The Balaban J connectivity index is 1.46. The molecule has 26 heavy (non-hydrogen) atoms. The monoisotopic (exact) mass is 359 g/mol. The number of likely N-dealkylation sites (tertiary alicyclic amines) is 1. The van der Waals surface area contributed by atoms with Crippen LogP contribution in [0.25, 0.3) is 0 Å². The van der Waals surface area contributed by atoms with Gasteiger partial charge in [0.25, 0.3) is 0 Å². The molecule has 0 radical (unpaired) electrons. The van der Waals surface area contributed by atoms with Gasteiger partial charge in [0.15, 0.2) is 0 Å². The predicted molar refractivity (Wildman–Crippen MR) is 104 cm³/mol. The first-order valence-corrected chi connectivity index (χ1v) is 10.1. The van der Waals surface area contributed by atoms with E-state index in [1.54, 1.807) is 6.33 Å². The van der Waals surface area contributed by atoms with Crippen molar-refractivity contribution < 1.29 is 4.79 Å². The minimum absolute atomic E-state index is 0.342. The van der Waals surface area contributed by atoms with E-state index in [4.69, 9.17) is 0 Å². The fraction of sp³-hybridized carbons (Fsp3) is 0.750. The summed E-state index contributed by atoms with van der Waals surface area (Å²) < 4.78 is 0. The second-order valence-corrected chi connectivity index (χ2v) is 7.76. The zero-order valence-electron chi connectivity index (χ0n) is 16.6. The van der Waals surface area contributed by atoms with Crippen LogP contribution in [0.4, 0.5) is 5.82 Å². The smallest absolute Gasteiger partial charge is 0.222 e. The van der Waals surface area contributed by atoms with Crippen LogP contribution in [-0.2, 0) is 4.79 Å². The minimum atomic E-state index is 0.342. The normalized spacial score (nSPS) is 19.8. The second-order valence-electron chi connectivity index (χ2n) is 7.76. The second kappa shape index (κ2) is 8.80. The molecule has 0 bridgehead atoms. The van der Waals surface area contributed by atoms with Crippen molar-refractivity contribution in [3.05, 3.63) is 17.6 Å². The highest BCUT2D eigenvalue weighted by Gasteiger charge is 2.26. The molecule has 3 heterocycles. The van der Waals surface area contributed by atoms with Crippen molar-refractivity contribution in [1.82, 2.24) is 19.8 Å². The molecule has 144 valence electrons. The molecule has 0 spiro atoms. The summed E-state index contributed by atoms with van der Waals surface area (Å²) in [5, 5.41) is 0. The third kappa shape index (κ3) is 4.53. The van der Waals surface area contributed by atoms with Crippen LogP contribution < -0.4 is 4.90 Å². The highest BCUT2D eigenvalue weighted by molar-refractivity contribution is 5.76. The van der Waals surface area contributed by atoms with E-state index >= 15 is 0 Å². The highest BCUT2D eigenvalue weighted by Crippen LogP contribution is 2.23. The molecule has 2 aliphatic rings. The number of aryl methyl sites for hydroxylation is 1. The molecule has 1 aromatic heterocycles. The van der Waals surface area contributed by atoms with Gasteiger partial charge in [0.1, 0.15) is 12.1 Å². The molecule has 0 aliphatic carbocycles. The molecule has 6 nitrogen and oxygen atoms in total. The number of aromatic nitrogens is 2. The van der Waals surface area contributed by atoms with Crippen molar-refractivity contribution in [1.29, 1.82) is 0 Å². The van der Waals surface area contributed by atoms with Crippen molar-refractivity contribution >= 4 is 11.7 Å². The molecular weight excluding hydrogens is 326 g/mol. The van der Waals surface area contributed by atoms with Crippen molar-refractivity contribution in [2.24, 2.45) is 5.92 Å². The summed E-state index contributed by atoms with van der Waals surface area (Å²) in [6.07, 6.45) is 5.93. The molecule has 1 amide bonds. The van der Waals surface area contributed by atoms with Crippen molar-refractivity contribution in [2.75, 3.05) is 50.7 Å². The number of carbonyl (C=O) groups excluding carboxylic acids is 1. The molecule has 2 aliphatic heterocycles. The van der Waals surface area contributed by atoms with Gasteiger partial charge in [-0.25, -0.2) is 9.97 Å². The molecule has 0 saturated carbocycles. The molecule has 1 aromatic rings. The number of hydrogen-bond acceptors (Lipinski definition) is 5. The van der Waals surface area contributed by atoms with Gasteiger partial charge in [0.05, 0.1) is 0 Å². The standard InChI is InChI=1S/C20H33N5O/c1-4-7-23-8-5-18(6-9-23)14-19(26)24-10-12-25(13-11-24)20-16(2)17(3)21-15-22-20/h15,18H,4-14H2,1-3H3. The van der Waals surface area contributed by atoms with Gasteiger partial charge in [-0.3, -0.25) is 4.79 Å². The quantitative estimate of drug-likeness (QED) is 0.807. The van der Waals surface area contributed by atoms with Crippen LogP contribution in [0.2, 0.25) is 0 Å². The van der Waals surface area contributed by atoms with Crippen molar-refractivity contribution in [3.63, 3.8) is 0 Å². The minimum Gasteiger partial charge on any atom is -0.353 e. The van der Waals surface area contributed by atoms with Crippen LogP contribution >= 0.6 is 0 Å². The number of piperidine rings is 1. The largest absolute Gasteiger partial charge is 0.353 e. The van der Waals surface area contributed by atoms with Crippen LogP contribution in [0.1, 0.15) is 43.9 Å². The third-order valence-corrected chi connectivity index (χ3v) is 5.95. The number of nitrogens with zero attached hydrogens (tertiary/aromatic N) is 5. The maximum atomic E-state index is 12.7. The SMILES string of the molecule is CCCN1CCC(CC(=O)N2CCN(c3ncnc(C)c3C)CC2)CC1. The lowest BCUT2D eigenvalue weighted by Gasteiger charge is -2.37. The lowest BCUT2D eigenvalue weighted by molar-refractivity contribution is -0.132. The average Bonchev–Trinajstić information content (AvgIpc) is 2.66. The molecule has 3 rings (SSSR count). The Kier molecular flexibility index (Phi) is 6.46. The summed E-state index contributed by atoms with van der Waals surface area (Å²) in [6, 6.07) is 0. The molecular formula is C20H33N5O. The van der Waals surface area contributed by atoms with E-state index in [0.717, 1.165) is 62.8 Å². The summed E-state index contributed by atoms with van der Waals surface area (Å²) in [5.74, 6) is 1.93. The van der Waals surface area contributed by atoms with Gasteiger partial charge in [0.2, 0.25) is 5.91 Å². The van der Waals surface area contributed by atoms with Crippen LogP contribution in [0.15, 0.2) is 6.33 Å². The summed E-state index contributed by atoms with van der Waals surface area (Å²) in [4.78, 5) is 28.3. The first kappa shape index (κ1) is 19.1. The number of amides is 1. The zero-order valence-corrected chi connectivity index (χ0v) is 16.6. The Labute approximate surface area is 157 Å². The van der Waals surface area contributed by atoms with E-state index in [1.807, 2.05) is 6.92 Å². The first-order valence-electron chi connectivity index (χ1n) is 10.1. The fourth-order valence-corrected chi connectivity index (χ4v) is 4.12. The van der Waals surface area contributed by atoms with Crippen LogP contribution in [0.3, 0.4) is 0 Å². The number of rotatable bonds is 5. The van der Waals surface area contributed by atoms with Gasteiger partial charge in [-0.2, -0.15) is 0 Å². The lowest BCUT2D eigenvalue weighted by Crippen LogP contribution is -2.49. The van der Waals surface area contributed by atoms with Crippen LogP contribution in [0, 0.1) is 19.8 Å². The van der Waals surface area contributed by atoms with Gasteiger partial charge >= 0.3 is 0 Å². The zero-order chi connectivity index (χ0) is 18.5. The van der Waals surface area contributed by atoms with Gasteiger partial charge in [0, 0.05) is 43.9 Å². The van der Waals surface area contributed by atoms with Gasteiger partial charge in [-0.1, -0.05) is 6.92 Å². The fourth-order valence-electron chi connectivity index (χ4n) is 4.12. The third-order valence-electron chi connectivity index (χ3n) is 5.95. The van der Waals surface area contributed by atoms with E-state index in [2.05, 4.69) is 38.5 Å². The Morgan fingerprint density at radius 1 is 1.08 bits per heavy atom. The molecule has 2 fully saturated rings. The first-order chi connectivity index (χ1) is 12.6. The number of hydrogen-bond donors (Lipinski definition) is 0. The Morgan fingerprint density at radius 3 is 2.42 bits per heavy atom. The predicted octanol–water partition coefficient (Wildman–Crippen LogP) is 2.25. The highest BCUT2D eigenvalue weighted by atomic mass is 16.2. The molecule has 2 saturated heterocycles. The molecule has 0 N–H and O–H groups in total. The Morgan fingerprint density at radius 2 is 1.77 bits per heavy atom. The number of anilines is 1. The lowest BCUT2D eigenvalue weighted by atomic mass is 9.93. The van der Waals surface area contributed by atoms with Gasteiger partial charge in [-0.15, -0.1) is 0 Å². The summed E-state index contributed by atoms with van der Waals surface area (Å²) in [5.41, 5.74) is 2.18. The van der Waals surface area contributed by atoms with E-state index < -0.39 is 0 Å². The Hall–Kier alpha value is -1.69. The van der Waals surface area contributed by atoms with Gasteiger partial charge in [-0.05, 0) is 58.7 Å². The molecule has 6 heteroatoms. The van der Waals surface area contributed by atoms with E-state index in [-0.39, 0.29) is 0 Å².